The van der Waals surface area contributed by atoms with E-state index in [0.29, 0.717) is 0 Å². The SMILES string of the molecule is C=C[C-]=C(C=C)N([CH2-])C.CC.[V].[W]. The molecule has 0 saturated carbocycles. The number of hydrogen-bond donors (Lipinski definition) is 0. The van der Waals surface area contributed by atoms with E-state index in [1.165, 1.54) is 0 Å². The number of allylic oxidation sites excluding steroid dienone is 3. The molecule has 0 aliphatic heterocycles. The summed E-state index contributed by atoms with van der Waals surface area (Å²) in [4.78, 5) is 1.68. The van der Waals surface area contributed by atoms with E-state index in [-0.39, 0.29) is 39.6 Å². The van der Waals surface area contributed by atoms with Crippen LogP contribution in [0.4, 0.5) is 0 Å². The molecule has 1 nitrogen and oxygen atoms in total. The summed E-state index contributed by atoms with van der Waals surface area (Å²) in [5, 5.41) is 0. The Balaban J connectivity index is -0.0000000941. The van der Waals surface area contributed by atoms with E-state index in [1.807, 2.05) is 20.9 Å². The Morgan fingerprint density at radius 3 is 1.85 bits per heavy atom. The largest absolute Gasteiger partial charge is 0.548 e. The van der Waals surface area contributed by atoms with Gasteiger partial charge in [-0.25, -0.2) is 0 Å². The topological polar surface area (TPSA) is 3.24 Å². The van der Waals surface area contributed by atoms with E-state index in [0.717, 1.165) is 5.70 Å². The maximum Gasteiger partial charge on any atom is 0 e. The molecule has 0 aliphatic rings. The predicted octanol–water partition coefficient (Wildman–Crippen LogP) is 2.79. The van der Waals surface area contributed by atoms with Gasteiger partial charge in [0.25, 0.3) is 0 Å². The second kappa shape index (κ2) is 18.2. The van der Waals surface area contributed by atoms with E-state index in [2.05, 4.69) is 26.3 Å². The minimum atomic E-state index is 0. The Kier molecular flexibility index (Phi) is 32.5. The zero-order chi connectivity index (χ0) is 9.28. The smallest absolute Gasteiger partial charge is 0 e. The first kappa shape index (κ1) is 23.3. The van der Waals surface area contributed by atoms with Gasteiger partial charge in [0.2, 0.25) is 0 Å². The number of likely N-dealkylation sites (N-methyl/N-ethyl adjacent to an activating group) is 1. The summed E-state index contributed by atoms with van der Waals surface area (Å²) < 4.78 is 0. The van der Waals surface area contributed by atoms with E-state index in [4.69, 9.17) is 0 Å². The van der Waals surface area contributed by atoms with E-state index in [1.54, 1.807) is 17.1 Å². The molecule has 0 aromatic heterocycles. The molecule has 75 valence electrons. The van der Waals surface area contributed by atoms with Crippen molar-refractivity contribution in [1.82, 2.24) is 4.90 Å². The standard InChI is InChI=1S/C8H11N.C2H6.V.W/c1-5-7-8(6-2)9(3)4;1-2;;/h5-6H,1-3H2,4H3;1-2H3;;/q-2;;;. The minimum Gasteiger partial charge on any atom is -0.548 e. The van der Waals surface area contributed by atoms with Crippen LogP contribution in [0.1, 0.15) is 13.8 Å². The van der Waals surface area contributed by atoms with Crippen molar-refractivity contribution in [3.05, 3.63) is 44.1 Å². The second-order valence-corrected chi connectivity index (χ2v) is 1.64. The third-order valence-corrected chi connectivity index (χ3v) is 0.855. The van der Waals surface area contributed by atoms with Crippen LogP contribution in [0.3, 0.4) is 0 Å². The molecule has 0 aliphatic carbocycles. The van der Waals surface area contributed by atoms with Crippen LogP contribution in [0.25, 0.3) is 0 Å². The second-order valence-electron chi connectivity index (χ2n) is 1.64. The number of rotatable bonds is 3. The first-order chi connectivity index (χ1) is 5.22. The van der Waals surface area contributed by atoms with Gasteiger partial charge in [0.1, 0.15) is 0 Å². The van der Waals surface area contributed by atoms with Gasteiger partial charge in [0.15, 0.2) is 0 Å². The van der Waals surface area contributed by atoms with Gasteiger partial charge in [-0.15, -0.1) is 11.8 Å². The van der Waals surface area contributed by atoms with Crippen LogP contribution in [0.5, 0.6) is 0 Å². The summed E-state index contributed by atoms with van der Waals surface area (Å²) >= 11 is 0. The van der Waals surface area contributed by atoms with Crippen LogP contribution in [-0.2, 0) is 39.6 Å². The molecule has 0 spiro atoms. The third kappa shape index (κ3) is 15.1. The third-order valence-electron chi connectivity index (χ3n) is 0.855. The van der Waals surface area contributed by atoms with E-state index in [9.17, 15) is 0 Å². The van der Waals surface area contributed by atoms with Gasteiger partial charge < -0.3 is 4.90 Å². The number of nitrogens with zero attached hydrogens (tertiary/aromatic N) is 1. The zero-order valence-corrected chi connectivity index (χ0v) is 12.9. The molecule has 0 fully saturated rings. The summed E-state index contributed by atoms with van der Waals surface area (Å²) in [6, 6.07) is 0. The van der Waals surface area contributed by atoms with Crippen LogP contribution < -0.4 is 0 Å². The van der Waals surface area contributed by atoms with E-state index < -0.39 is 0 Å². The molecule has 0 aromatic carbocycles. The van der Waals surface area contributed by atoms with Crippen molar-refractivity contribution in [1.29, 1.82) is 0 Å². The average molecular weight is 386 g/mol. The molecule has 0 atom stereocenters. The molecule has 0 aromatic rings. The van der Waals surface area contributed by atoms with Gasteiger partial charge >= 0.3 is 0 Å². The summed E-state index contributed by atoms with van der Waals surface area (Å²) in [6.07, 6.45) is 6.11. The average Bonchev–Trinajstić information content (AvgIpc) is 2.03. The summed E-state index contributed by atoms with van der Waals surface area (Å²) in [5.74, 6) is 0. The molecule has 0 saturated heterocycles. The number of hydrogen-bond acceptors (Lipinski definition) is 1. The Morgan fingerprint density at radius 2 is 1.77 bits per heavy atom. The molecule has 13 heavy (non-hydrogen) atoms. The van der Waals surface area contributed by atoms with Crippen LogP contribution in [0.2, 0.25) is 0 Å². The molecule has 0 rings (SSSR count). The fraction of sp³-hybridized carbons (Fsp3) is 0.300. The Hall–Kier alpha value is 0.293. The van der Waals surface area contributed by atoms with Crippen molar-refractivity contribution in [2.75, 3.05) is 7.05 Å². The van der Waals surface area contributed by atoms with Crippen molar-refractivity contribution in [2.24, 2.45) is 0 Å². The van der Waals surface area contributed by atoms with Crippen molar-refractivity contribution in [2.45, 2.75) is 13.8 Å². The van der Waals surface area contributed by atoms with Gasteiger partial charge in [-0.2, -0.15) is 25.3 Å². The van der Waals surface area contributed by atoms with Gasteiger partial charge in [0.05, 0.1) is 0 Å². The van der Waals surface area contributed by atoms with Crippen LogP contribution in [0, 0.1) is 13.1 Å². The first-order valence-corrected chi connectivity index (χ1v) is 3.63. The first-order valence-electron chi connectivity index (χ1n) is 3.63. The Morgan fingerprint density at radius 1 is 1.38 bits per heavy atom. The van der Waals surface area contributed by atoms with Crippen LogP contribution >= 0.6 is 0 Å². The fourth-order valence-corrected chi connectivity index (χ4v) is 0.430. The molecular formula is C10H17NVW-2. The monoisotopic (exact) mass is 386 g/mol. The molecule has 0 unspecified atom stereocenters. The Labute approximate surface area is 109 Å². The molecule has 0 heterocycles. The van der Waals surface area contributed by atoms with Crippen molar-refractivity contribution >= 4 is 0 Å². The summed E-state index contributed by atoms with van der Waals surface area (Å²) in [7, 11) is 5.47. The van der Waals surface area contributed by atoms with Gasteiger partial charge in [-0.05, 0) is 7.05 Å². The normalized spacial score (nSPS) is 7.85. The molecule has 0 N–H and O–H groups in total. The maximum absolute atomic E-state index is 3.64. The minimum absolute atomic E-state index is 0. The van der Waals surface area contributed by atoms with E-state index >= 15 is 0 Å². The molecule has 3 heteroatoms. The molecule has 0 amide bonds. The quantitative estimate of drug-likeness (QED) is 0.533. The van der Waals surface area contributed by atoms with Crippen molar-refractivity contribution in [3.63, 3.8) is 0 Å². The zero-order valence-electron chi connectivity index (χ0n) is 8.58. The summed E-state index contributed by atoms with van der Waals surface area (Å²) in [5.41, 5.74) is 0.838. The van der Waals surface area contributed by atoms with Crippen LogP contribution in [0.15, 0.2) is 31.0 Å². The van der Waals surface area contributed by atoms with Gasteiger partial charge in [-0.1, -0.05) is 13.8 Å². The summed E-state index contributed by atoms with van der Waals surface area (Å²) in [6.45, 7) is 11.1. The molecule has 1 radical (unpaired) electrons. The van der Waals surface area contributed by atoms with Crippen molar-refractivity contribution in [3.8, 4) is 0 Å². The molecule has 0 bridgehead atoms. The van der Waals surface area contributed by atoms with Crippen molar-refractivity contribution < 1.29 is 39.6 Å². The fourth-order valence-electron chi connectivity index (χ4n) is 0.430. The predicted molar refractivity (Wildman–Crippen MR) is 51.6 cm³/mol. The van der Waals surface area contributed by atoms with Gasteiger partial charge in [-0.3, -0.25) is 7.05 Å². The maximum atomic E-state index is 3.64. The van der Waals surface area contributed by atoms with Gasteiger partial charge in [0, 0.05) is 39.6 Å². The molecular weight excluding hydrogens is 369 g/mol. The van der Waals surface area contributed by atoms with Crippen LogP contribution in [-0.4, -0.2) is 11.9 Å². The Bertz CT molecular complexity index is 142.